The molecule has 0 amide bonds. The minimum absolute atomic E-state index is 0.0862. The number of hydrogen-bond donors (Lipinski definition) is 5. The van der Waals surface area contributed by atoms with Crippen molar-refractivity contribution in [3.8, 4) is 11.5 Å². The lowest BCUT2D eigenvalue weighted by atomic mass is 9.96. The number of nitrogens with zero attached hydrogens (tertiary/aromatic N) is 7. The Hall–Kier alpha value is -6.72. The second-order valence-corrected chi connectivity index (χ2v) is 16.0. The Bertz CT molecular complexity index is 2690. The number of aromatic amines is 1. The number of hydrogen-bond acceptors (Lipinski definition) is 15. The van der Waals surface area contributed by atoms with Gasteiger partial charge in [-0.25, -0.2) is 0 Å². The van der Waals surface area contributed by atoms with Gasteiger partial charge in [0.05, 0.1) is 50.3 Å². The number of rotatable bonds is 18. The van der Waals surface area contributed by atoms with Gasteiger partial charge >= 0.3 is 0 Å². The highest BCUT2D eigenvalue weighted by molar-refractivity contribution is 6.22. The molecule has 9 rings (SSSR count). The number of para-hydroxylation sites is 1. The summed E-state index contributed by atoms with van der Waals surface area (Å²) in [5.74, 6) is 1.59. The molecule has 2 aromatic heterocycles. The highest BCUT2D eigenvalue weighted by Crippen LogP contribution is 2.44. The van der Waals surface area contributed by atoms with Crippen LogP contribution in [-0.4, -0.2) is 127 Å². The van der Waals surface area contributed by atoms with Gasteiger partial charge in [-0.15, -0.1) is 5.11 Å². The summed E-state index contributed by atoms with van der Waals surface area (Å²) in [5, 5.41) is 34.7. The number of benzene rings is 5. The molecule has 2 saturated heterocycles. The lowest BCUT2D eigenvalue weighted by Crippen LogP contribution is -2.37. The fraction of sp³-hybridized carbons (Fsp3) is 0.333. The number of fused-ring (bicyclic) bond motifs is 5. The average Bonchev–Trinajstić information content (AvgIpc) is 3.72. The first-order chi connectivity index (χ1) is 31.5. The molecule has 2 fully saturated rings. The second-order valence-electron chi connectivity index (χ2n) is 16.0. The van der Waals surface area contributed by atoms with Crippen molar-refractivity contribution >= 4 is 73.3 Å². The molecule has 2 aliphatic rings. The Labute approximate surface area is 371 Å². The Morgan fingerprint density at radius 1 is 0.766 bits per heavy atom. The maximum Gasteiger partial charge on any atom is 0.233 e. The van der Waals surface area contributed by atoms with Crippen LogP contribution in [0.3, 0.4) is 0 Å². The molecule has 0 saturated carbocycles. The average molecular weight is 864 g/mol. The van der Waals surface area contributed by atoms with Crippen LogP contribution in [0.5, 0.6) is 11.5 Å². The monoisotopic (exact) mass is 863 g/mol. The van der Waals surface area contributed by atoms with E-state index in [1.807, 2.05) is 78.9 Å². The minimum Gasteiger partial charge on any atom is -0.505 e. The Kier molecular flexibility index (Phi) is 13.4. The molecule has 4 heterocycles. The van der Waals surface area contributed by atoms with Crippen LogP contribution < -0.4 is 20.7 Å². The maximum atomic E-state index is 13.8. The number of morpholine rings is 2. The summed E-state index contributed by atoms with van der Waals surface area (Å²) in [6, 6.07) is 28.4. The molecule has 0 unspecified atom stereocenters. The summed E-state index contributed by atoms with van der Waals surface area (Å²) in [6.07, 6.45) is 1.97. The van der Waals surface area contributed by atoms with Crippen LogP contribution in [-0.2, 0) is 15.9 Å². The van der Waals surface area contributed by atoms with E-state index in [9.17, 15) is 9.90 Å². The van der Waals surface area contributed by atoms with Gasteiger partial charge in [-0.2, -0.15) is 20.1 Å². The number of ketones is 1. The van der Waals surface area contributed by atoms with Gasteiger partial charge in [0.2, 0.25) is 17.8 Å². The molecule has 64 heavy (non-hydrogen) atoms. The van der Waals surface area contributed by atoms with E-state index in [-0.39, 0.29) is 29.2 Å². The zero-order valence-electron chi connectivity index (χ0n) is 36.0. The number of phenols is 1. The summed E-state index contributed by atoms with van der Waals surface area (Å²) in [4.78, 5) is 36.3. The first-order valence-corrected chi connectivity index (χ1v) is 22.0. The number of carbonyl (C=O) groups excluding carboxylic acids is 1. The van der Waals surface area contributed by atoms with Crippen LogP contribution >= 0.6 is 0 Å². The smallest absolute Gasteiger partial charge is 0.233 e. The third-order valence-electron chi connectivity index (χ3n) is 11.7. The van der Waals surface area contributed by atoms with Crippen molar-refractivity contribution in [3.05, 3.63) is 102 Å². The quantitative estimate of drug-likeness (QED) is 0.0316. The maximum absolute atomic E-state index is 13.8. The van der Waals surface area contributed by atoms with Crippen molar-refractivity contribution in [1.29, 1.82) is 0 Å². The molecule has 0 aliphatic carbocycles. The third kappa shape index (κ3) is 10.2. The van der Waals surface area contributed by atoms with Gasteiger partial charge in [-0.05, 0) is 85.4 Å². The van der Waals surface area contributed by atoms with Crippen molar-refractivity contribution in [1.82, 2.24) is 29.7 Å². The molecule has 7 aromatic rings. The number of ether oxygens (including phenoxy) is 3. The van der Waals surface area contributed by atoms with E-state index in [2.05, 4.69) is 52.0 Å². The molecule has 2 aliphatic heterocycles. The predicted molar refractivity (Wildman–Crippen MR) is 250 cm³/mol. The first-order valence-electron chi connectivity index (χ1n) is 22.0. The van der Waals surface area contributed by atoms with Gasteiger partial charge in [-0.3, -0.25) is 14.6 Å². The largest absolute Gasteiger partial charge is 0.505 e. The zero-order chi connectivity index (χ0) is 43.7. The number of azo groups is 1. The molecule has 5 N–H and O–H groups in total. The number of aromatic nitrogens is 4. The molecule has 0 spiro atoms. The van der Waals surface area contributed by atoms with Crippen LogP contribution in [0, 0.1) is 0 Å². The molecular weight excluding hydrogens is 811 g/mol. The molecule has 330 valence electrons. The summed E-state index contributed by atoms with van der Waals surface area (Å²) in [5.41, 5.74) is 4.19. The van der Waals surface area contributed by atoms with E-state index in [0.717, 1.165) is 117 Å². The molecule has 0 atom stereocenters. The molecule has 5 aromatic carbocycles. The number of Topliss-reactive ketones (excluding diaryl/α,β-unsaturated/α-hetero) is 1. The standard InChI is InChI=1S/C48H53N11O5/c1-62-36-15-8-32(9-16-36)30-41(60)39-31-33-10-17-38-37-6-2-3-7-40(37)52-43(38)42(33)44(45(39)61)57-56-35-13-11-34(12-14-35)51-48-54-46(49-18-4-20-58-22-26-63-27-23-58)53-47(55-48)50-19-5-21-59-24-28-64-29-25-59/h2-3,6-17,31,52,61H,4-5,18-30H2,1H3,(H3,49,50,51,53,54,55). The number of methoxy groups -OCH3 is 1. The van der Waals surface area contributed by atoms with Crippen LogP contribution in [0.25, 0.3) is 32.6 Å². The number of carbonyl (C=O) groups is 1. The van der Waals surface area contributed by atoms with Gasteiger partial charge < -0.3 is 40.3 Å². The normalized spacial score (nSPS) is 15.0. The topological polar surface area (TPSA) is 187 Å². The van der Waals surface area contributed by atoms with E-state index in [4.69, 9.17) is 24.2 Å². The fourth-order valence-electron chi connectivity index (χ4n) is 8.21. The van der Waals surface area contributed by atoms with Crippen molar-refractivity contribution in [3.63, 3.8) is 0 Å². The number of aromatic hydroxyl groups is 1. The molecule has 0 bridgehead atoms. The molecule has 16 nitrogen and oxygen atoms in total. The van der Waals surface area contributed by atoms with Gasteiger partial charge in [0.1, 0.15) is 11.4 Å². The Morgan fingerprint density at radius 2 is 1.41 bits per heavy atom. The van der Waals surface area contributed by atoms with E-state index < -0.39 is 0 Å². The van der Waals surface area contributed by atoms with Crippen LogP contribution in [0.1, 0.15) is 28.8 Å². The van der Waals surface area contributed by atoms with Crippen LogP contribution in [0.15, 0.2) is 101 Å². The highest BCUT2D eigenvalue weighted by atomic mass is 16.5. The number of anilines is 4. The number of phenolic OH excluding ortho intramolecular Hbond substituents is 1. The van der Waals surface area contributed by atoms with Gasteiger partial charge in [0.25, 0.3) is 0 Å². The van der Waals surface area contributed by atoms with E-state index in [1.165, 1.54) is 0 Å². The Balaban J connectivity index is 0.949. The SMILES string of the molecule is COc1ccc(CC(=O)c2cc3ccc4c5ccccc5[nH]c4c3c(N=Nc3ccc(Nc4nc(NCCCN5CCOCC5)nc(NCCCN5CCOCC5)n4)cc3)c2O)cc1. The number of H-pyrrole nitrogens is 1. The second kappa shape index (κ2) is 20.2. The summed E-state index contributed by atoms with van der Waals surface area (Å²) in [7, 11) is 1.60. The molecule has 16 heteroatoms. The summed E-state index contributed by atoms with van der Waals surface area (Å²) < 4.78 is 16.3. The lowest BCUT2D eigenvalue weighted by molar-refractivity contribution is 0.0378. The van der Waals surface area contributed by atoms with Gasteiger partial charge in [0, 0.05) is 73.1 Å². The fourth-order valence-corrected chi connectivity index (χ4v) is 8.21. The van der Waals surface area contributed by atoms with Crippen molar-refractivity contribution in [2.24, 2.45) is 10.2 Å². The molecule has 0 radical (unpaired) electrons. The third-order valence-corrected chi connectivity index (χ3v) is 11.7. The van der Waals surface area contributed by atoms with Crippen molar-refractivity contribution < 1.29 is 24.1 Å². The van der Waals surface area contributed by atoms with Crippen LogP contribution in [0.2, 0.25) is 0 Å². The minimum atomic E-state index is -0.246. The van der Waals surface area contributed by atoms with Crippen molar-refractivity contribution in [2.75, 3.05) is 102 Å². The van der Waals surface area contributed by atoms with Crippen LogP contribution in [0.4, 0.5) is 34.9 Å². The molecular formula is C48H53N11O5. The highest BCUT2D eigenvalue weighted by Gasteiger charge is 2.22. The van der Waals surface area contributed by atoms with E-state index in [1.54, 1.807) is 13.2 Å². The van der Waals surface area contributed by atoms with E-state index >= 15 is 0 Å². The zero-order valence-corrected chi connectivity index (χ0v) is 36.0. The van der Waals surface area contributed by atoms with Crippen molar-refractivity contribution in [2.45, 2.75) is 19.3 Å². The van der Waals surface area contributed by atoms with Gasteiger partial charge in [-0.1, -0.05) is 42.5 Å². The lowest BCUT2D eigenvalue weighted by Gasteiger charge is -2.26. The first kappa shape index (κ1) is 42.6. The van der Waals surface area contributed by atoms with E-state index in [0.29, 0.717) is 47.8 Å². The van der Waals surface area contributed by atoms with Gasteiger partial charge in [0.15, 0.2) is 11.5 Å². The summed E-state index contributed by atoms with van der Waals surface area (Å²) in [6.45, 7) is 10.3. The summed E-state index contributed by atoms with van der Waals surface area (Å²) >= 11 is 0. The predicted octanol–water partition coefficient (Wildman–Crippen LogP) is 8.23. The Morgan fingerprint density at radius 3 is 2.06 bits per heavy atom. The number of nitrogens with one attached hydrogen (secondary N) is 4.